The Hall–Kier alpha value is -5.91. The lowest BCUT2D eigenvalue weighted by Crippen LogP contribution is -2.70. The van der Waals surface area contributed by atoms with Crippen molar-refractivity contribution in [3.63, 3.8) is 0 Å². The monoisotopic (exact) mass is 936 g/mol. The van der Waals surface area contributed by atoms with Crippen molar-refractivity contribution in [2.24, 2.45) is 22.9 Å². The third-order valence-corrected chi connectivity index (χ3v) is 14.7. The summed E-state index contributed by atoms with van der Waals surface area (Å²) in [5.41, 5.74) is 3.35. The minimum atomic E-state index is -4.32. The van der Waals surface area contributed by atoms with Crippen molar-refractivity contribution in [1.29, 1.82) is 0 Å². The number of allylic oxidation sites excluding steroid dienone is 1. The molecule has 2 aliphatic carbocycles. The molecule has 4 aromatic carbocycles. The number of hydrogen-bond donors (Lipinski definition) is 3. The number of aliphatic hydroxyl groups excluding tert-OH is 2. The number of rotatable bonds is 23. The van der Waals surface area contributed by atoms with Crippen LogP contribution in [0.1, 0.15) is 82.3 Å². The minimum absolute atomic E-state index is 0.00777. The molecule has 67 heavy (non-hydrogen) atoms. The van der Waals surface area contributed by atoms with Gasteiger partial charge in [0, 0.05) is 56.3 Å². The fraction of sp³-hybridized carbons (Fsp3) is 0.412. The number of carbonyl (C=O) groups is 1. The molecule has 1 aliphatic heterocycles. The first kappa shape index (κ1) is 49.0. The number of nitro benzene ring substituents is 1. The van der Waals surface area contributed by atoms with E-state index >= 15 is 8.42 Å². The van der Waals surface area contributed by atoms with Crippen molar-refractivity contribution >= 4 is 33.0 Å². The second-order valence-electron chi connectivity index (χ2n) is 17.2. The van der Waals surface area contributed by atoms with Crippen LogP contribution in [0, 0.1) is 27.9 Å². The molecule has 3 N–H and O–H groups in total. The lowest BCUT2D eigenvalue weighted by molar-refractivity contribution is -0.384. The Morgan fingerprint density at radius 3 is 2.40 bits per heavy atom. The van der Waals surface area contributed by atoms with Gasteiger partial charge < -0.3 is 34.6 Å². The molecular formula is C51H60N4O11S. The predicted octanol–water partition coefficient (Wildman–Crippen LogP) is 9.28. The number of non-ortho nitro benzene ring substituents is 1. The SMILES string of the molecule is C=CCOC12Oc3ccc(Oc4cccc([N+](=O)[O-])c4)cc3C3C(CCCCO)C(CCCCO)C=C(C(=NOCc4ccccc4)CC1N(CCC)S(=O)(=O)c1ccc(NC(C)=O)cc1)C32. The quantitative estimate of drug-likeness (QED) is 0.0277. The van der Waals surface area contributed by atoms with Crippen LogP contribution in [0.3, 0.4) is 0 Å². The molecule has 16 heteroatoms. The summed E-state index contributed by atoms with van der Waals surface area (Å²) in [7, 11) is -4.32. The molecule has 7 rings (SSSR count). The zero-order chi connectivity index (χ0) is 47.6. The fourth-order valence-corrected chi connectivity index (χ4v) is 11.7. The lowest BCUT2D eigenvalue weighted by Gasteiger charge is -2.59. The standard InChI is InChI=1S/C51H60N4O11S/c1-4-26-54(67(61,62)42-23-20-38(21-24-42)52-35(3)58)48-33-46(53-64-34-36-14-7-6-8-15-36)44-30-37(16-9-11-27-56)43(19-10-12-28-57)49-45-32-41(65-40-18-13-17-39(31-40)55(59)60)22-25-47(45)66-51(48,50(44)49)63-29-5-2/h5-8,13-15,17-18,20-25,30-32,37,43,48-50,56-57H,2,4,9-12,16,19,26-29,33-34H2,1,3H3,(H,52,58). The molecule has 6 atom stereocenters. The molecule has 1 amide bonds. The number of amides is 1. The van der Waals surface area contributed by atoms with E-state index in [9.17, 15) is 25.1 Å². The average Bonchev–Trinajstić information content (AvgIpc) is 3.32. The van der Waals surface area contributed by atoms with Gasteiger partial charge in [-0.05, 0) is 104 Å². The molecule has 15 nitrogen and oxygen atoms in total. The molecule has 6 unspecified atom stereocenters. The van der Waals surface area contributed by atoms with Crippen molar-refractivity contribution in [3.05, 3.63) is 143 Å². The van der Waals surface area contributed by atoms with E-state index in [1.165, 1.54) is 35.5 Å². The maximum atomic E-state index is 15.3. The smallest absolute Gasteiger partial charge is 0.273 e. The van der Waals surface area contributed by atoms with E-state index in [4.69, 9.17) is 24.2 Å². The number of nitrogens with one attached hydrogen (secondary N) is 1. The maximum Gasteiger partial charge on any atom is 0.273 e. The number of nitrogens with zero attached hydrogens (tertiary/aromatic N) is 3. The zero-order valence-corrected chi connectivity index (χ0v) is 38.8. The Morgan fingerprint density at radius 1 is 0.985 bits per heavy atom. The summed E-state index contributed by atoms with van der Waals surface area (Å²) in [5.74, 6) is -2.07. The van der Waals surface area contributed by atoms with Crippen molar-refractivity contribution in [2.45, 2.75) is 94.5 Å². The highest BCUT2D eigenvalue weighted by Crippen LogP contribution is 2.62. The van der Waals surface area contributed by atoms with Gasteiger partial charge in [-0.15, -0.1) is 6.58 Å². The molecular weight excluding hydrogens is 877 g/mol. The van der Waals surface area contributed by atoms with E-state index in [1.807, 2.05) is 43.3 Å². The van der Waals surface area contributed by atoms with Crippen LogP contribution >= 0.6 is 0 Å². The Labute approximate surface area is 392 Å². The van der Waals surface area contributed by atoms with Crippen LogP contribution in [-0.2, 0) is 31.0 Å². The van der Waals surface area contributed by atoms with E-state index in [0.717, 1.165) is 29.5 Å². The number of carbonyl (C=O) groups excluding carboxylic acids is 1. The largest absolute Gasteiger partial charge is 0.460 e. The van der Waals surface area contributed by atoms with Gasteiger partial charge in [0.25, 0.3) is 5.69 Å². The number of benzene rings is 4. The van der Waals surface area contributed by atoms with E-state index in [1.54, 1.807) is 42.5 Å². The van der Waals surface area contributed by atoms with Gasteiger partial charge in [0.05, 0.1) is 40.2 Å². The van der Waals surface area contributed by atoms with Crippen molar-refractivity contribution < 1.29 is 47.4 Å². The van der Waals surface area contributed by atoms with Gasteiger partial charge >= 0.3 is 0 Å². The molecule has 0 saturated heterocycles. The van der Waals surface area contributed by atoms with Crippen LogP contribution in [-0.4, -0.2) is 77.7 Å². The topological polar surface area (TPSA) is 199 Å². The zero-order valence-electron chi connectivity index (χ0n) is 38.0. The molecule has 1 saturated carbocycles. The normalized spacial score (nSPS) is 22.5. The van der Waals surface area contributed by atoms with Crippen LogP contribution in [0.4, 0.5) is 11.4 Å². The summed E-state index contributed by atoms with van der Waals surface area (Å²) >= 11 is 0. The highest BCUT2D eigenvalue weighted by molar-refractivity contribution is 7.89. The van der Waals surface area contributed by atoms with E-state index in [0.29, 0.717) is 55.0 Å². The van der Waals surface area contributed by atoms with Crippen LogP contribution in [0.25, 0.3) is 0 Å². The third kappa shape index (κ3) is 10.9. The number of nitro groups is 1. The number of fused-ring (bicyclic) bond motifs is 2. The van der Waals surface area contributed by atoms with Gasteiger partial charge in [-0.2, -0.15) is 4.31 Å². The molecule has 1 heterocycles. The van der Waals surface area contributed by atoms with E-state index < -0.39 is 38.6 Å². The molecule has 3 aliphatic rings. The Balaban J connectivity index is 1.46. The maximum absolute atomic E-state index is 15.3. The van der Waals surface area contributed by atoms with Crippen LogP contribution in [0.2, 0.25) is 0 Å². The Morgan fingerprint density at radius 2 is 1.72 bits per heavy atom. The molecule has 0 aromatic heterocycles. The molecule has 0 radical (unpaired) electrons. The van der Waals surface area contributed by atoms with Gasteiger partial charge in [-0.3, -0.25) is 14.9 Å². The molecule has 1 fully saturated rings. The number of oxime groups is 1. The highest BCUT2D eigenvalue weighted by atomic mass is 32.2. The van der Waals surface area contributed by atoms with Crippen molar-refractivity contribution in [2.75, 3.05) is 31.7 Å². The molecule has 0 bridgehead atoms. The first-order chi connectivity index (χ1) is 32.4. The van der Waals surface area contributed by atoms with Crippen LogP contribution in [0.15, 0.2) is 131 Å². The second-order valence-corrected chi connectivity index (χ2v) is 19.1. The minimum Gasteiger partial charge on any atom is -0.460 e. The van der Waals surface area contributed by atoms with Gasteiger partial charge in [0.1, 0.15) is 23.9 Å². The number of ether oxygens (including phenoxy) is 3. The molecule has 4 aromatic rings. The van der Waals surface area contributed by atoms with Crippen LogP contribution in [0.5, 0.6) is 17.2 Å². The predicted molar refractivity (Wildman–Crippen MR) is 254 cm³/mol. The van der Waals surface area contributed by atoms with Crippen LogP contribution < -0.4 is 14.8 Å². The highest BCUT2D eigenvalue weighted by Gasteiger charge is 2.66. The summed E-state index contributed by atoms with van der Waals surface area (Å²) in [6.07, 6.45) is 8.34. The van der Waals surface area contributed by atoms with Gasteiger partial charge in [-0.1, -0.05) is 73.5 Å². The average molecular weight is 937 g/mol. The van der Waals surface area contributed by atoms with Crippen molar-refractivity contribution in [1.82, 2.24) is 4.31 Å². The summed E-state index contributed by atoms with van der Waals surface area (Å²) in [6, 6.07) is 26.0. The summed E-state index contributed by atoms with van der Waals surface area (Å²) < 4.78 is 52.7. The number of unbranched alkanes of at least 4 members (excludes halogenated alkanes) is 2. The summed E-state index contributed by atoms with van der Waals surface area (Å²) in [5, 5.41) is 39.2. The Bertz CT molecular complexity index is 2540. The Kier molecular flexibility index (Phi) is 16.3. The number of sulfonamides is 1. The summed E-state index contributed by atoms with van der Waals surface area (Å²) in [6.45, 7) is 7.59. The lowest BCUT2D eigenvalue weighted by atomic mass is 9.55. The van der Waals surface area contributed by atoms with E-state index in [-0.39, 0.29) is 73.5 Å². The third-order valence-electron chi connectivity index (χ3n) is 12.7. The number of hydrogen-bond acceptors (Lipinski definition) is 12. The first-order valence-electron chi connectivity index (χ1n) is 23.0. The van der Waals surface area contributed by atoms with Gasteiger partial charge in [0.15, 0.2) is 0 Å². The summed E-state index contributed by atoms with van der Waals surface area (Å²) in [4.78, 5) is 29.3. The second kappa shape index (κ2) is 22.3. The van der Waals surface area contributed by atoms with Gasteiger partial charge in [-0.25, -0.2) is 8.42 Å². The van der Waals surface area contributed by atoms with Crippen molar-refractivity contribution in [3.8, 4) is 17.2 Å². The molecule has 0 spiro atoms. The first-order valence-corrected chi connectivity index (χ1v) is 24.4. The number of aliphatic hydroxyl groups is 2. The van der Waals surface area contributed by atoms with E-state index in [2.05, 4.69) is 18.0 Å². The number of anilines is 1. The van der Waals surface area contributed by atoms with Gasteiger partial charge in [0.2, 0.25) is 21.7 Å². The molecule has 356 valence electrons. The fourth-order valence-electron chi connectivity index (χ4n) is 9.96.